The Morgan fingerprint density at radius 2 is 1.90 bits per heavy atom. The molecule has 0 N–H and O–H groups in total. The summed E-state index contributed by atoms with van der Waals surface area (Å²) in [6.45, 7) is 1.94. The van der Waals surface area contributed by atoms with E-state index in [1.807, 2.05) is 25.1 Å². The van der Waals surface area contributed by atoms with E-state index in [1.54, 1.807) is 16.7 Å². The molecule has 0 aliphatic carbocycles. The quantitative estimate of drug-likeness (QED) is 0.622. The van der Waals surface area contributed by atoms with Crippen molar-refractivity contribution in [2.24, 2.45) is 0 Å². The average molecular weight is 394 g/mol. The summed E-state index contributed by atoms with van der Waals surface area (Å²) in [5, 5.41) is 0.573. The lowest BCUT2D eigenvalue weighted by atomic mass is 10.2. The summed E-state index contributed by atoms with van der Waals surface area (Å²) in [6, 6.07) is 11.5. The van der Waals surface area contributed by atoms with Gasteiger partial charge in [0.15, 0.2) is 0 Å². The van der Waals surface area contributed by atoms with Gasteiger partial charge in [-0.25, -0.2) is 9.37 Å². The topological polar surface area (TPSA) is 34.9 Å². The zero-order valence-corrected chi connectivity index (χ0v) is 13.5. The molecule has 0 spiro atoms. The highest BCUT2D eigenvalue weighted by atomic mass is 127. The van der Waals surface area contributed by atoms with Gasteiger partial charge in [-0.1, -0.05) is 6.92 Å². The SMILES string of the molecule is CCc1nc2ccc(I)cc2c(=O)n1-c1ccc(F)cc1. The Bertz CT molecular complexity index is 872. The van der Waals surface area contributed by atoms with Crippen LogP contribution in [-0.2, 0) is 6.42 Å². The number of nitrogens with zero attached hydrogens (tertiary/aromatic N) is 2. The van der Waals surface area contributed by atoms with Gasteiger partial charge < -0.3 is 0 Å². The molecule has 0 bridgehead atoms. The molecule has 0 aliphatic rings. The van der Waals surface area contributed by atoms with E-state index in [4.69, 9.17) is 0 Å². The van der Waals surface area contributed by atoms with E-state index in [1.165, 1.54) is 12.1 Å². The standard InChI is InChI=1S/C16H12FIN2O/c1-2-15-19-14-8-5-11(18)9-13(14)16(21)20(15)12-6-3-10(17)4-7-12/h3-9H,2H2,1H3. The predicted octanol–water partition coefficient (Wildman–Crippen LogP) is 3.69. The van der Waals surface area contributed by atoms with Crippen LogP contribution in [0.15, 0.2) is 47.3 Å². The van der Waals surface area contributed by atoms with Gasteiger partial charge in [-0.15, -0.1) is 0 Å². The van der Waals surface area contributed by atoms with E-state index in [2.05, 4.69) is 27.6 Å². The molecule has 21 heavy (non-hydrogen) atoms. The molecular formula is C16H12FIN2O. The van der Waals surface area contributed by atoms with Crippen molar-refractivity contribution in [2.75, 3.05) is 0 Å². The summed E-state index contributed by atoms with van der Waals surface area (Å²) in [4.78, 5) is 17.3. The number of aromatic nitrogens is 2. The van der Waals surface area contributed by atoms with Crippen LogP contribution in [0, 0.1) is 9.39 Å². The molecule has 0 aliphatic heterocycles. The zero-order valence-electron chi connectivity index (χ0n) is 11.3. The second-order valence-electron chi connectivity index (χ2n) is 4.66. The van der Waals surface area contributed by atoms with Crippen molar-refractivity contribution in [3.05, 3.63) is 68.0 Å². The van der Waals surface area contributed by atoms with Crippen molar-refractivity contribution in [1.82, 2.24) is 9.55 Å². The summed E-state index contributed by atoms with van der Waals surface area (Å²) >= 11 is 2.17. The highest BCUT2D eigenvalue weighted by molar-refractivity contribution is 14.1. The fraction of sp³-hybridized carbons (Fsp3) is 0.125. The highest BCUT2D eigenvalue weighted by Crippen LogP contribution is 2.16. The summed E-state index contributed by atoms with van der Waals surface area (Å²) < 4.78 is 15.6. The monoisotopic (exact) mass is 394 g/mol. The Kier molecular flexibility index (Phi) is 3.75. The van der Waals surface area contributed by atoms with Crippen LogP contribution < -0.4 is 5.56 Å². The molecule has 3 aromatic rings. The van der Waals surface area contributed by atoms with Crippen molar-refractivity contribution in [1.29, 1.82) is 0 Å². The Labute approximate surface area is 134 Å². The maximum absolute atomic E-state index is 13.1. The Morgan fingerprint density at radius 3 is 2.57 bits per heavy atom. The molecule has 0 amide bonds. The molecular weight excluding hydrogens is 382 g/mol. The van der Waals surface area contributed by atoms with Gasteiger partial charge in [0.05, 0.1) is 16.6 Å². The van der Waals surface area contributed by atoms with Gasteiger partial charge in [-0.2, -0.15) is 0 Å². The lowest BCUT2D eigenvalue weighted by Gasteiger charge is -2.12. The Balaban J connectivity index is 2.37. The molecule has 0 atom stereocenters. The Hall–Kier alpha value is -1.76. The van der Waals surface area contributed by atoms with Crippen molar-refractivity contribution >= 4 is 33.5 Å². The third-order valence-electron chi connectivity index (χ3n) is 3.30. The lowest BCUT2D eigenvalue weighted by molar-refractivity contribution is 0.627. The largest absolute Gasteiger partial charge is 0.268 e. The number of hydrogen-bond acceptors (Lipinski definition) is 2. The van der Waals surface area contributed by atoms with Gasteiger partial charge in [0.25, 0.3) is 5.56 Å². The minimum Gasteiger partial charge on any atom is -0.268 e. The second kappa shape index (κ2) is 5.55. The Morgan fingerprint density at radius 1 is 1.19 bits per heavy atom. The van der Waals surface area contributed by atoms with Crippen molar-refractivity contribution in [2.45, 2.75) is 13.3 Å². The molecule has 1 aromatic heterocycles. The maximum Gasteiger partial charge on any atom is 0.266 e. The summed E-state index contributed by atoms with van der Waals surface area (Å²) in [5.74, 6) is 0.341. The fourth-order valence-electron chi connectivity index (χ4n) is 2.30. The zero-order chi connectivity index (χ0) is 15.0. The third-order valence-corrected chi connectivity index (χ3v) is 3.97. The minimum atomic E-state index is -0.326. The van der Waals surface area contributed by atoms with Crippen LogP contribution in [0.2, 0.25) is 0 Å². The molecule has 0 saturated carbocycles. The first kappa shape index (κ1) is 14.2. The first-order valence-electron chi connectivity index (χ1n) is 6.57. The molecule has 0 saturated heterocycles. The first-order valence-corrected chi connectivity index (χ1v) is 7.65. The van der Waals surface area contributed by atoms with Crippen LogP contribution in [-0.4, -0.2) is 9.55 Å². The number of fused-ring (bicyclic) bond motifs is 1. The molecule has 0 radical (unpaired) electrons. The van der Waals surface area contributed by atoms with Crippen LogP contribution in [0.1, 0.15) is 12.7 Å². The van der Waals surface area contributed by atoms with Crippen LogP contribution in [0.3, 0.4) is 0 Å². The highest BCUT2D eigenvalue weighted by Gasteiger charge is 2.11. The molecule has 0 unspecified atom stereocenters. The molecule has 0 fully saturated rings. The van der Waals surface area contributed by atoms with E-state index >= 15 is 0 Å². The van der Waals surface area contributed by atoms with Gasteiger partial charge >= 0.3 is 0 Å². The van der Waals surface area contributed by atoms with Crippen molar-refractivity contribution in [3.63, 3.8) is 0 Å². The molecule has 2 aromatic carbocycles. The number of halogens is 2. The smallest absolute Gasteiger partial charge is 0.266 e. The van der Waals surface area contributed by atoms with Gasteiger partial charge in [0.2, 0.25) is 0 Å². The van der Waals surface area contributed by atoms with Crippen LogP contribution >= 0.6 is 22.6 Å². The van der Waals surface area contributed by atoms with Gasteiger partial charge in [0.1, 0.15) is 11.6 Å². The van der Waals surface area contributed by atoms with Crippen molar-refractivity contribution < 1.29 is 4.39 Å². The molecule has 1 heterocycles. The minimum absolute atomic E-state index is 0.123. The van der Waals surface area contributed by atoms with E-state index in [9.17, 15) is 9.18 Å². The van der Waals surface area contributed by atoms with E-state index in [-0.39, 0.29) is 11.4 Å². The fourth-order valence-corrected chi connectivity index (χ4v) is 2.79. The van der Waals surface area contributed by atoms with Crippen LogP contribution in [0.5, 0.6) is 0 Å². The number of benzene rings is 2. The van der Waals surface area contributed by atoms with Crippen molar-refractivity contribution in [3.8, 4) is 5.69 Å². The predicted molar refractivity (Wildman–Crippen MR) is 89.4 cm³/mol. The summed E-state index contributed by atoms with van der Waals surface area (Å²) in [7, 11) is 0. The summed E-state index contributed by atoms with van der Waals surface area (Å²) in [6.07, 6.45) is 0.620. The van der Waals surface area contributed by atoms with Crippen LogP contribution in [0.25, 0.3) is 16.6 Å². The average Bonchev–Trinajstić information content (AvgIpc) is 2.49. The molecule has 5 heteroatoms. The third kappa shape index (κ3) is 2.57. The number of aryl methyl sites for hydroxylation is 1. The van der Waals surface area contributed by atoms with Gasteiger partial charge in [0, 0.05) is 9.99 Å². The lowest BCUT2D eigenvalue weighted by Crippen LogP contribution is -2.23. The molecule has 3 rings (SSSR count). The van der Waals surface area contributed by atoms with Crippen LogP contribution in [0.4, 0.5) is 4.39 Å². The first-order chi connectivity index (χ1) is 10.1. The number of hydrogen-bond donors (Lipinski definition) is 0. The van der Waals surface area contributed by atoms with E-state index < -0.39 is 0 Å². The normalized spacial score (nSPS) is 11.0. The van der Waals surface area contributed by atoms with E-state index in [0.717, 1.165) is 3.57 Å². The molecule has 106 valence electrons. The number of rotatable bonds is 2. The second-order valence-corrected chi connectivity index (χ2v) is 5.91. The maximum atomic E-state index is 13.1. The summed E-state index contributed by atoms with van der Waals surface area (Å²) in [5.41, 5.74) is 1.20. The van der Waals surface area contributed by atoms with E-state index in [0.29, 0.717) is 28.8 Å². The van der Waals surface area contributed by atoms with Gasteiger partial charge in [-0.3, -0.25) is 9.36 Å². The van der Waals surface area contributed by atoms with Gasteiger partial charge in [-0.05, 0) is 65.1 Å². The molecule has 3 nitrogen and oxygen atoms in total.